The number of aromatic nitrogens is 2. The van der Waals surface area contributed by atoms with E-state index in [4.69, 9.17) is 0 Å². The van der Waals surface area contributed by atoms with Gasteiger partial charge in [0.25, 0.3) is 0 Å². The van der Waals surface area contributed by atoms with Crippen molar-refractivity contribution in [3.8, 4) is 0 Å². The molecule has 3 rings (SSSR count). The molecule has 0 saturated carbocycles. The average molecular weight is 232 g/mol. The number of anilines is 1. The minimum absolute atomic E-state index is 0.659. The van der Waals surface area contributed by atoms with E-state index in [2.05, 4.69) is 20.2 Å². The summed E-state index contributed by atoms with van der Waals surface area (Å²) in [6, 6.07) is 0.659. The number of nitrogens with zero attached hydrogens (tertiary/aromatic N) is 3. The quantitative estimate of drug-likeness (QED) is 0.792. The molecule has 2 fully saturated rings. The fraction of sp³-hybridized carbons (Fsp3) is 0.692. The van der Waals surface area contributed by atoms with Crippen LogP contribution in [0.4, 0.5) is 5.82 Å². The van der Waals surface area contributed by atoms with Gasteiger partial charge in [-0.25, -0.2) is 4.98 Å². The number of aryl methyl sites for hydroxylation is 2. The highest BCUT2D eigenvalue weighted by Crippen LogP contribution is 2.27. The zero-order chi connectivity index (χ0) is 11.8. The number of rotatable bonds is 1. The van der Waals surface area contributed by atoms with Crippen molar-refractivity contribution < 1.29 is 0 Å². The van der Waals surface area contributed by atoms with Crippen molar-refractivity contribution in [1.82, 2.24) is 15.3 Å². The van der Waals surface area contributed by atoms with Crippen molar-refractivity contribution >= 4 is 5.82 Å². The number of piperidine rings is 1. The molecule has 2 aliphatic rings. The van der Waals surface area contributed by atoms with Gasteiger partial charge in [0.05, 0.1) is 17.6 Å². The molecule has 0 aliphatic carbocycles. The molecule has 0 spiro atoms. The SMILES string of the molecule is Cc1ncc(N2C[C@@H]3CCCN[C@@H]3C2)nc1C. The van der Waals surface area contributed by atoms with Gasteiger partial charge in [-0.15, -0.1) is 0 Å². The molecule has 0 amide bonds. The van der Waals surface area contributed by atoms with Crippen LogP contribution in [0.1, 0.15) is 24.2 Å². The maximum Gasteiger partial charge on any atom is 0.147 e. The lowest BCUT2D eigenvalue weighted by Gasteiger charge is -2.24. The molecular formula is C13H20N4. The van der Waals surface area contributed by atoms with E-state index in [0.29, 0.717) is 6.04 Å². The van der Waals surface area contributed by atoms with Gasteiger partial charge in [0.15, 0.2) is 0 Å². The van der Waals surface area contributed by atoms with Crippen molar-refractivity contribution in [2.75, 3.05) is 24.5 Å². The number of nitrogens with one attached hydrogen (secondary N) is 1. The van der Waals surface area contributed by atoms with E-state index in [1.165, 1.54) is 19.4 Å². The zero-order valence-corrected chi connectivity index (χ0v) is 10.6. The fourth-order valence-electron chi connectivity index (χ4n) is 2.92. The molecule has 2 aliphatic heterocycles. The van der Waals surface area contributed by atoms with E-state index in [1.807, 2.05) is 20.0 Å². The van der Waals surface area contributed by atoms with Crippen molar-refractivity contribution in [2.45, 2.75) is 32.7 Å². The van der Waals surface area contributed by atoms with Gasteiger partial charge in [-0.2, -0.15) is 0 Å². The Labute approximate surface area is 102 Å². The van der Waals surface area contributed by atoms with E-state index in [0.717, 1.165) is 36.2 Å². The lowest BCUT2D eigenvalue weighted by Crippen LogP contribution is -2.40. The Hall–Kier alpha value is -1.16. The van der Waals surface area contributed by atoms with Crippen LogP contribution in [0.25, 0.3) is 0 Å². The molecule has 4 nitrogen and oxygen atoms in total. The van der Waals surface area contributed by atoms with Crippen molar-refractivity contribution in [3.63, 3.8) is 0 Å². The van der Waals surface area contributed by atoms with E-state index < -0.39 is 0 Å². The maximum absolute atomic E-state index is 4.65. The first-order valence-corrected chi connectivity index (χ1v) is 6.52. The topological polar surface area (TPSA) is 41.1 Å². The molecule has 1 aromatic rings. The van der Waals surface area contributed by atoms with Crippen LogP contribution < -0.4 is 10.2 Å². The Morgan fingerprint density at radius 1 is 1.29 bits per heavy atom. The molecule has 0 bridgehead atoms. The normalized spacial score (nSPS) is 28.2. The highest BCUT2D eigenvalue weighted by molar-refractivity contribution is 5.40. The Kier molecular flexibility index (Phi) is 2.74. The van der Waals surface area contributed by atoms with Crippen LogP contribution in [0.2, 0.25) is 0 Å². The van der Waals surface area contributed by atoms with Crippen molar-refractivity contribution in [3.05, 3.63) is 17.6 Å². The van der Waals surface area contributed by atoms with Gasteiger partial charge in [0, 0.05) is 19.1 Å². The van der Waals surface area contributed by atoms with Crippen molar-refractivity contribution in [1.29, 1.82) is 0 Å². The number of hydrogen-bond acceptors (Lipinski definition) is 4. The predicted octanol–water partition coefficient (Wildman–Crippen LogP) is 1.28. The minimum atomic E-state index is 0.659. The maximum atomic E-state index is 4.65. The predicted molar refractivity (Wildman–Crippen MR) is 68.2 cm³/mol. The summed E-state index contributed by atoms with van der Waals surface area (Å²) in [5.74, 6) is 1.84. The second kappa shape index (κ2) is 4.26. The van der Waals surface area contributed by atoms with Crippen molar-refractivity contribution in [2.24, 2.45) is 5.92 Å². The lowest BCUT2D eigenvalue weighted by atomic mass is 9.94. The molecular weight excluding hydrogens is 212 g/mol. The third kappa shape index (κ3) is 2.02. The Morgan fingerprint density at radius 3 is 2.94 bits per heavy atom. The standard InChI is InChI=1S/C13H20N4/c1-9-10(2)16-13(6-15-9)17-7-11-4-3-5-14-12(11)8-17/h6,11-12,14H,3-5,7-8H2,1-2H3/t11-,12+/m0/s1. The van der Waals surface area contributed by atoms with Crippen LogP contribution in [0, 0.1) is 19.8 Å². The monoisotopic (exact) mass is 232 g/mol. The second-order valence-corrected chi connectivity index (χ2v) is 5.27. The summed E-state index contributed by atoms with van der Waals surface area (Å²) in [6.07, 6.45) is 4.58. The van der Waals surface area contributed by atoms with Gasteiger partial charge in [0.2, 0.25) is 0 Å². The zero-order valence-electron chi connectivity index (χ0n) is 10.6. The molecule has 3 heterocycles. The molecule has 0 radical (unpaired) electrons. The van der Waals surface area contributed by atoms with Gasteiger partial charge in [-0.05, 0) is 39.2 Å². The van der Waals surface area contributed by atoms with Crippen LogP contribution in [-0.2, 0) is 0 Å². The van der Waals surface area contributed by atoms with Gasteiger partial charge in [-0.3, -0.25) is 4.98 Å². The first-order valence-electron chi connectivity index (χ1n) is 6.52. The Bertz CT molecular complexity index is 404. The van der Waals surface area contributed by atoms with E-state index in [-0.39, 0.29) is 0 Å². The molecule has 0 aromatic carbocycles. The summed E-state index contributed by atoms with van der Waals surface area (Å²) in [6.45, 7) is 7.44. The Morgan fingerprint density at radius 2 is 2.18 bits per heavy atom. The summed E-state index contributed by atoms with van der Waals surface area (Å²) < 4.78 is 0. The third-order valence-corrected chi connectivity index (χ3v) is 4.10. The molecule has 1 N–H and O–H groups in total. The van der Waals surface area contributed by atoms with Crippen LogP contribution in [0.5, 0.6) is 0 Å². The third-order valence-electron chi connectivity index (χ3n) is 4.10. The lowest BCUT2D eigenvalue weighted by molar-refractivity contribution is 0.340. The molecule has 92 valence electrons. The van der Waals surface area contributed by atoms with Gasteiger partial charge in [-0.1, -0.05) is 0 Å². The number of fused-ring (bicyclic) bond motifs is 1. The van der Waals surface area contributed by atoms with E-state index in [1.54, 1.807) is 0 Å². The van der Waals surface area contributed by atoms with Crippen LogP contribution in [0.3, 0.4) is 0 Å². The minimum Gasteiger partial charge on any atom is -0.353 e. The Balaban J connectivity index is 1.79. The van der Waals surface area contributed by atoms with Crippen LogP contribution in [-0.4, -0.2) is 35.6 Å². The second-order valence-electron chi connectivity index (χ2n) is 5.27. The summed E-state index contributed by atoms with van der Waals surface area (Å²) >= 11 is 0. The van der Waals surface area contributed by atoms with E-state index >= 15 is 0 Å². The molecule has 4 heteroatoms. The molecule has 2 saturated heterocycles. The van der Waals surface area contributed by atoms with Gasteiger partial charge >= 0.3 is 0 Å². The average Bonchev–Trinajstić information content (AvgIpc) is 2.76. The molecule has 1 aromatic heterocycles. The van der Waals surface area contributed by atoms with Gasteiger partial charge < -0.3 is 10.2 Å². The van der Waals surface area contributed by atoms with Crippen LogP contribution >= 0.6 is 0 Å². The summed E-state index contributed by atoms with van der Waals surface area (Å²) in [7, 11) is 0. The van der Waals surface area contributed by atoms with Gasteiger partial charge in [0.1, 0.15) is 5.82 Å². The highest BCUT2D eigenvalue weighted by Gasteiger charge is 2.34. The smallest absolute Gasteiger partial charge is 0.147 e. The summed E-state index contributed by atoms with van der Waals surface area (Å²) in [5, 5.41) is 3.62. The molecule has 17 heavy (non-hydrogen) atoms. The summed E-state index contributed by atoms with van der Waals surface area (Å²) in [4.78, 5) is 11.4. The summed E-state index contributed by atoms with van der Waals surface area (Å²) in [5.41, 5.74) is 2.08. The fourth-order valence-corrected chi connectivity index (χ4v) is 2.92. The molecule has 2 atom stereocenters. The number of hydrogen-bond donors (Lipinski definition) is 1. The van der Waals surface area contributed by atoms with E-state index in [9.17, 15) is 0 Å². The van der Waals surface area contributed by atoms with Crippen LogP contribution in [0.15, 0.2) is 6.20 Å². The molecule has 0 unspecified atom stereocenters. The first kappa shape index (κ1) is 11.0. The first-order chi connectivity index (χ1) is 8.24. The highest BCUT2D eigenvalue weighted by atomic mass is 15.2. The largest absolute Gasteiger partial charge is 0.353 e.